The predicted molar refractivity (Wildman–Crippen MR) is 138 cm³/mol. The van der Waals surface area contributed by atoms with E-state index < -0.39 is 5.60 Å². The Kier molecular flexibility index (Phi) is 7.62. The third kappa shape index (κ3) is 6.05. The lowest BCUT2D eigenvalue weighted by molar-refractivity contribution is 0.0203. The van der Waals surface area contributed by atoms with Crippen LogP contribution in [0, 0.1) is 0 Å². The van der Waals surface area contributed by atoms with Gasteiger partial charge in [0.15, 0.2) is 0 Å². The number of methoxy groups -OCH3 is 1. The molecule has 2 heterocycles. The van der Waals surface area contributed by atoms with Gasteiger partial charge in [-0.25, -0.2) is 9.48 Å². The number of nitrogens with zero attached hydrogens (tertiary/aromatic N) is 3. The number of hydrogen-bond donors (Lipinski definition) is 1. The molecule has 1 aliphatic heterocycles. The number of piperidine rings is 1. The van der Waals surface area contributed by atoms with E-state index in [1.807, 2.05) is 80.1 Å². The summed E-state index contributed by atoms with van der Waals surface area (Å²) in [7, 11) is 1.62. The van der Waals surface area contributed by atoms with Crippen LogP contribution in [0.1, 0.15) is 61.1 Å². The highest BCUT2D eigenvalue weighted by molar-refractivity contribution is 5.95. The Labute approximate surface area is 212 Å². The molecule has 1 aliphatic rings. The summed E-state index contributed by atoms with van der Waals surface area (Å²) in [6.45, 7) is 7.10. The van der Waals surface area contributed by atoms with Gasteiger partial charge >= 0.3 is 6.09 Å². The second-order valence-corrected chi connectivity index (χ2v) is 9.97. The van der Waals surface area contributed by atoms with E-state index in [1.54, 1.807) is 18.2 Å². The van der Waals surface area contributed by atoms with Crippen LogP contribution in [-0.2, 0) is 11.3 Å². The van der Waals surface area contributed by atoms with Gasteiger partial charge in [-0.2, -0.15) is 5.10 Å². The first-order valence-electron chi connectivity index (χ1n) is 12.3. The van der Waals surface area contributed by atoms with Gasteiger partial charge in [-0.3, -0.25) is 4.79 Å². The summed E-state index contributed by atoms with van der Waals surface area (Å²) in [5.74, 6) is 0.643. The molecule has 0 aliphatic carbocycles. The molecular weight excluding hydrogens is 456 g/mol. The highest BCUT2D eigenvalue weighted by Crippen LogP contribution is 2.32. The fraction of sp³-hybridized carbons (Fsp3) is 0.393. The van der Waals surface area contributed by atoms with Gasteiger partial charge in [0.1, 0.15) is 11.4 Å². The highest BCUT2D eigenvalue weighted by atomic mass is 16.6. The van der Waals surface area contributed by atoms with Crippen LogP contribution >= 0.6 is 0 Å². The van der Waals surface area contributed by atoms with E-state index >= 15 is 0 Å². The van der Waals surface area contributed by atoms with E-state index in [1.165, 1.54) is 0 Å². The van der Waals surface area contributed by atoms with Crippen molar-refractivity contribution in [1.29, 1.82) is 0 Å². The van der Waals surface area contributed by atoms with E-state index in [-0.39, 0.29) is 17.9 Å². The molecule has 0 bridgehead atoms. The van der Waals surface area contributed by atoms with Crippen LogP contribution in [0.5, 0.6) is 5.75 Å². The molecule has 2 aromatic carbocycles. The average Bonchev–Trinajstić information content (AvgIpc) is 3.32. The van der Waals surface area contributed by atoms with Crippen LogP contribution < -0.4 is 10.1 Å². The van der Waals surface area contributed by atoms with Gasteiger partial charge in [-0.05, 0) is 63.4 Å². The topological polar surface area (TPSA) is 85.7 Å². The number of aromatic nitrogens is 2. The van der Waals surface area contributed by atoms with Crippen LogP contribution in [0.4, 0.5) is 4.79 Å². The van der Waals surface area contributed by atoms with Crippen LogP contribution in [-0.4, -0.2) is 52.5 Å². The third-order valence-electron chi connectivity index (χ3n) is 6.17. The van der Waals surface area contributed by atoms with E-state index in [0.717, 1.165) is 22.7 Å². The molecule has 2 amide bonds. The average molecular weight is 491 g/mol. The lowest BCUT2D eigenvalue weighted by atomic mass is 9.91. The van der Waals surface area contributed by atoms with E-state index in [0.29, 0.717) is 38.0 Å². The summed E-state index contributed by atoms with van der Waals surface area (Å²) in [6.07, 6.45) is 2.78. The Morgan fingerprint density at radius 2 is 1.78 bits per heavy atom. The lowest BCUT2D eigenvalue weighted by Crippen LogP contribution is -2.41. The molecule has 1 fully saturated rings. The summed E-state index contributed by atoms with van der Waals surface area (Å²) in [5.41, 5.74) is 2.73. The fourth-order valence-electron chi connectivity index (χ4n) is 4.42. The Morgan fingerprint density at radius 3 is 2.44 bits per heavy atom. The van der Waals surface area contributed by atoms with Crippen molar-refractivity contribution in [3.05, 3.63) is 77.6 Å². The number of nitrogens with one attached hydrogen (secondary N) is 1. The van der Waals surface area contributed by atoms with Crippen molar-refractivity contribution >= 4 is 12.0 Å². The zero-order valence-electron chi connectivity index (χ0n) is 21.4. The SMILES string of the molecule is COc1cccc(CNC(=O)c2cnn(-c3ccccc3)c2C2CCN(C(=O)OC(C)(C)C)CC2)c1. The maximum absolute atomic E-state index is 13.3. The zero-order chi connectivity index (χ0) is 25.7. The monoisotopic (exact) mass is 490 g/mol. The molecule has 0 atom stereocenters. The van der Waals surface area contributed by atoms with Crippen molar-refractivity contribution < 1.29 is 19.1 Å². The first-order valence-corrected chi connectivity index (χ1v) is 12.3. The molecule has 0 radical (unpaired) electrons. The van der Waals surface area contributed by atoms with Crippen LogP contribution in [0.2, 0.25) is 0 Å². The number of carbonyl (C=O) groups excluding carboxylic acids is 2. The first kappa shape index (κ1) is 25.3. The number of benzene rings is 2. The Morgan fingerprint density at radius 1 is 1.06 bits per heavy atom. The van der Waals surface area contributed by atoms with Gasteiger partial charge in [-0.1, -0.05) is 30.3 Å². The molecule has 1 saturated heterocycles. The predicted octanol–water partition coefficient (Wildman–Crippen LogP) is 4.93. The van der Waals surface area contributed by atoms with Crippen molar-refractivity contribution in [3.8, 4) is 11.4 Å². The number of likely N-dealkylation sites (tertiary alicyclic amines) is 1. The molecule has 0 spiro atoms. The van der Waals surface area contributed by atoms with Crippen molar-refractivity contribution in [3.63, 3.8) is 0 Å². The molecule has 8 nitrogen and oxygen atoms in total. The van der Waals surface area contributed by atoms with E-state index in [9.17, 15) is 9.59 Å². The molecule has 4 rings (SSSR count). The van der Waals surface area contributed by atoms with Gasteiger partial charge in [0.25, 0.3) is 5.91 Å². The number of para-hydroxylation sites is 1. The van der Waals surface area contributed by atoms with E-state index in [2.05, 4.69) is 10.4 Å². The Bertz CT molecular complexity index is 1190. The molecule has 1 N–H and O–H groups in total. The van der Waals surface area contributed by atoms with E-state index in [4.69, 9.17) is 9.47 Å². The largest absolute Gasteiger partial charge is 0.497 e. The zero-order valence-corrected chi connectivity index (χ0v) is 21.4. The second-order valence-electron chi connectivity index (χ2n) is 9.97. The molecule has 3 aromatic rings. The van der Waals surface area contributed by atoms with Gasteiger partial charge in [-0.15, -0.1) is 0 Å². The summed E-state index contributed by atoms with van der Waals surface area (Å²) in [4.78, 5) is 27.6. The summed E-state index contributed by atoms with van der Waals surface area (Å²) in [5, 5.41) is 7.63. The molecule has 190 valence electrons. The maximum atomic E-state index is 13.3. The smallest absolute Gasteiger partial charge is 0.410 e. The summed E-state index contributed by atoms with van der Waals surface area (Å²) < 4.78 is 12.7. The molecule has 36 heavy (non-hydrogen) atoms. The number of amides is 2. The van der Waals surface area contributed by atoms with Crippen molar-refractivity contribution in [1.82, 2.24) is 20.0 Å². The standard InChI is InChI=1S/C28H34N4O4/c1-28(2,3)36-27(34)31-15-13-21(14-16-31)25-24(19-30-32(25)22-10-6-5-7-11-22)26(33)29-18-20-9-8-12-23(17-20)35-4/h5-12,17,19,21H,13-16,18H2,1-4H3,(H,29,33). The minimum absolute atomic E-state index is 0.0731. The summed E-state index contributed by atoms with van der Waals surface area (Å²) >= 11 is 0. The summed E-state index contributed by atoms with van der Waals surface area (Å²) in [6, 6.07) is 17.4. The normalized spacial score (nSPS) is 14.4. The second kappa shape index (κ2) is 10.8. The van der Waals surface area contributed by atoms with Gasteiger partial charge in [0, 0.05) is 25.6 Å². The molecule has 0 saturated carbocycles. The minimum Gasteiger partial charge on any atom is -0.497 e. The van der Waals surface area contributed by atoms with Crippen LogP contribution in [0.25, 0.3) is 5.69 Å². The van der Waals surface area contributed by atoms with Crippen LogP contribution in [0.15, 0.2) is 60.8 Å². The van der Waals surface area contributed by atoms with Crippen molar-refractivity contribution in [2.24, 2.45) is 0 Å². The molecule has 8 heteroatoms. The highest BCUT2D eigenvalue weighted by Gasteiger charge is 2.32. The maximum Gasteiger partial charge on any atom is 0.410 e. The Hall–Kier alpha value is -3.81. The number of ether oxygens (including phenoxy) is 2. The van der Waals surface area contributed by atoms with Crippen molar-refractivity contribution in [2.75, 3.05) is 20.2 Å². The molecule has 1 aromatic heterocycles. The quantitative estimate of drug-likeness (QED) is 0.530. The molecular formula is C28H34N4O4. The number of carbonyl (C=O) groups is 2. The van der Waals surface area contributed by atoms with Crippen LogP contribution in [0.3, 0.4) is 0 Å². The number of rotatable bonds is 6. The van der Waals surface area contributed by atoms with Crippen molar-refractivity contribution in [2.45, 2.75) is 51.7 Å². The third-order valence-corrected chi connectivity index (χ3v) is 6.17. The first-order chi connectivity index (χ1) is 17.2. The molecule has 0 unspecified atom stereocenters. The fourth-order valence-corrected chi connectivity index (χ4v) is 4.42. The number of hydrogen-bond acceptors (Lipinski definition) is 5. The lowest BCUT2D eigenvalue weighted by Gasteiger charge is -2.34. The van der Waals surface area contributed by atoms with Gasteiger partial charge in [0.05, 0.1) is 30.3 Å². The Balaban J connectivity index is 1.54. The minimum atomic E-state index is -0.534. The van der Waals surface area contributed by atoms with Gasteiger partial charge < -0.3 is 19.7 Å². The van der Waals surface area contributed by atoms with Gasteiger partial charge in [0.2, 0.25) is 0 Å².